The van der Waals surface area contributed by atoms with Gasteiger partial charge < -0.3 is 9.47 Å². The number of morpholine rings is 1. The molecule has 2 aliphatic rings. The van der Waals surface area contributed by atoms with Gasteiger partial charge in [0.1, 0.15) is 10.1 Å². The molecule has 1 aliphatic carbocycles. The number of halogens is 2. The van der Waals surface area contributed by atoms with Crippen LogP contribution in [0.1, 0.15) is 25.3 Å². The summed E-state index contributed by atoms with van der Waals surface area (Å²) in [5.74, 6) is 0.903. The highest BCUT2D eigenvalue weighted by atomic mass is 35.5. The van der Waals surface area contributed by atoms with Gasteiger partial charge in [-0.3, -0.25) is 4.90 Å². The topological polar surface area (TPSA) is 21.7 Å². The smallest absolute Gasteiger partial charge is 0.142 e. The van der Waals surface area contributed by atoms with Crippen molar-refractivity contribution in [3.63, 3.8) is 0 Å². The molecule has 24 heavy (non-hydrogen) atoms. The quantitative estimate of drug-likeness (QED) is 0.553. The number of hydrogen-bond acceptors (Lipinski definition) is 3. The predicted octanol–water partition coefficient (Wildman–Crippen LogP) is 4.22. The van der Waals surface area contributed by atoms with E-state index >= 15 is 0 Å². The van der Waals surface area contributed by atoms with Crippen LogP contribution >= 0.6 is 23.2 Å². The maximum absolute atomic E-state index is 6.55. The molecule has 3 nitrogen and oxygen atoms in total. The monoisotopic (exact) mass is 369 g/mol. The van der Waals surface area contributed by atoms with Crippen LogP contribution in [0.3, 0.4) is 0 Å². The first kappa shape index (κ1) is 18.1. The maximum Gasteiger partial charge on any atom is 0.142 e. The Bertz CT molecular complexity index is 611. The Balaban J connectivity index is 1.67. The Hall–Kier alpha value is -0.740. The molecule has 0 radical (unpaired) electrons. The number of methoxy groups -OCH3 is 1. The van der Waals surface area contributed by atoms with Gasteiger partial charge >= 0.3 is 0 Å². The molecule has 0 bridgehead atoms. The Morgan fingerprint density at radius 2 is 2.04 bits per heavy atom. The summed E-state index contributed by atoms with van der Waals surface area (Å²) in [5.41, 5.74) is 2.34. The number of nitrogens with zero attached hydrogens (tertiary/aromatic N) is 1. The summed E-state index contributed by atoms with van der Waals surface area (Å²) in [6.07, 6.45) is 5.03. The van der Waals surface area contributed by atoms with Crippen molar-refractivity contribution in [2.75, 3.05) is 33.4 Å². The van der Waals surface area contributed by atoms with E-state index in [4.69, 9.17) is 32.7 Å². The van der Waals surface area contributed by atoms with E-state index in [1.165, 1.54) is 11.1 Å². The first-order valence-corrected chi connectivity index (χ1v) is 9.26. The average Bonchev–Trinajstić information content (AvgIpc) is 3.20. The Labute approximate surface area is 154 Å². The summed E-state index contributed by atoms with van der Waals surface area (Å²) < 4.78 is 10.1. The molecule has 1 heterocycles. The molecule has 2 fully saturated rings. The van der Waals surface area contributed by atoms with Gasteiger partial charge in [-0.05, 0) is 37.5 Å². The van der Waals surface area contributed by atoms with Gasteiger partial charge in [0.05, 0.1) is 25.9 Å². The highest BCUT2D eigenvalue weighted by Crippen LogP contribution is 2.64. The molecule has 1 saturated carbocycles. The number of hydrogen-bond donors (Lipinski definition) is 0. The summed E-state index contributed by atoms with van der Waals surface area (Å²) in [6.45, 7) is 5.45. The minimum Gasteiger partial charge on any atom is -0.497 e. The van der Waals surface area contributed by atoms with E-state index in [-0.39, 0.29) is 5.54 Å². The second-order valence-corrected chi connectivity index (χ2v) is 8.10. The highest BCUT2D eigenvalue weighted by molar-refractivity contribution is 6.52. The predicted molar refractivity (Wildman–Crippen MR) is 99.2 cm³/mol. The van der Waals surface area contributed by atoms with Gasteiger partial charge in [-0.2, -0.15) is 0 Å². The van der Waals surface area contributed by atoms with Gasteiger partial charge in [0.15, 0.2) is 0 Å². The molecule has 1 unspecified atom stereocenters. The normalized spacial score (nSPS) is 27.1. The third kappa shape index (κ3) is 3.45. The van der Waals surface area contributed by atoms with E-state index in [0.29, 0.717) is 0 Å². The summed E-state index contributed by atoms with van der Waals surface area (Å²) in [6, 6.07) is 8.22. The lowest BCUT2D eigenvalue weighted by atomic mass is 10.0. The van der Waals surface area contributed by atoms with Gasteiger partial charge in [0, 0.05) is 19.5 Å². The van der Waals surface area contributed by atoms with E-state index in [2.05, 4.69) is 30.0 Å². The second-order valence-electron chi connectivity index (χ2n) is 6.62. The minimum absolute atomic E-state index is 0.214. The van der Waals surface area contributed by atoms with E-state index in [0.717, 1.165) is 51.3 Å². The average molecular weight is 370 g/mol. The molecule has 5 heteroatoms. The number of alkyl halides is 2. The lowest BCUT2D eigenvalue weighted by Gasteiger charge is -2.37. The third-order valence-corrected chi connectivity index (χ3v) is 6.07. The Morgan fingerprint density at radius 3 is 2.67 bits per heavy atom. The zero-order valence-electron chi connectivity index (χ0n) is 14.4. The number of aryl methyl sites for hydroxylation is 1. The SMILES string of the molecule is COc1cccc(CC/C=C(\C)C2(N3CCOCC3)CC2(Cl)Cl)c1. The van der Waals surface area contributed by atoms with Crippen molar-refractivity contribution in [3.8, 4) is 5.75 Å². The summed E-state index contributed by atoms with van der Waals surface area (Å²) >= 11 is 13.1. The molecular formula is C19H25Cl2NO2. The summed E-state index contributed by atoms with van der Waals surface area (Å²) in [7, 11) is 1.70. The van der Waals surface area contributed by atoms with Crippen LogP contribution in [0.4, 0.5) is 0 Å². The van der Waals surface area contributed by atoms with Crippen molar-refractivity contribution in [2.45, 2.75) is 36.1 Å². The highest BCUT2D eigenvalue weighted by Gasteiger charge is 2.70. The van der Waals surface area contributed by atoms with Crippen LogP contribution < -0.4 is 4.74 Å². The van der Waals surface area contributed by atoms with Crippen LogP contribution in [0.15, 0.2) is 35.9 Å². The zero-order valence-corrected chi connectivity index (χ0v) is 15.9. The maximum atomic E-state index is 6.55. The van der Waals surface area contributed by atoms with Crippen LogP contribution in [0.2, 0.25) is 0 Å². The first-order valence-electron chi connectivity index (χ1n) is 8.50. The number of ether oxygens (including phenoxy) is 2. The van der Waals surface area contributed by atoms with Gasteiger partial charge in [-0.25, -0.2) is 0 Å². The molecule has 1 atom stereocenters. The van der Waals surface area contributed by atoms with E-state index in [1.807, 2.05) is 12.1 Å². The molecule has 132 valence electrons. The molecule has 1 aromatic carbocycles. The van der Waals surface area contributed by atoms with Crippen LogP contribution in [-0.2, 0) is 11.2 Å². The molecule has 0 amide bonds. The largest absolute Gasteiger partial charge is 0.497 e. The van der Waals surface area contributed by atoms with Crippen molar-refractivity contribution in [2.24, 2.45) is 0 Å². The van der Waals surface area contributed by atoms with Gasteiger partial charge in [0.25, 0.3) is 0 Å². The van der Waals surface area contributed by atoms with Gasteiger partial charge in [-0.15, -0.1) is 0 Å². The van der Waals surface area contributed by atoms with Crippen molar-refractivity contribution < 1.29 is 9.47 Å². The van der Waals surface area contributed by atoms with E-state index < -0.39 is 4.33 Å². The minimum atomic E-state index is -0.680. The van der Waals surface area contributed by atoms with Crippen LogP contribution in [0.5, 0.6) is 5.75 Å². The zero-order chi connectivity index (χ0) is 17.2. The van der Waals surface area contributed by atoms with E-state index in [9.17, 15) is 0 Å². The fourth-order valence-corrected chi connectivity index (χ4v) is 4.62. The van der Waals surface area contributed by atoms with Crippen LogP contribution in [0, 0.1) is 0 Å². The molecule has 1 aliphatic heterocycles. The fraction of sp³-hybridized carbons (Fsp3) is 0.579. The summed E-state index contributed by atoms with van der Waals surface area (Å²) in [4.78, 5) is 2.40. The summed E-state index contributed by atoms with van der Waals surface area (Å²) in [5, 5.41) is 0. The lowest BCUT2D eigenvalue weighted by molar-refractivity contribution is 0.0171. The van der Waals surface area contributed by atoms with Gasteiger partial charge in [-0.1, -0.05) is 47.0 Å². The molecule has 0 N–H and O–H groups in total. The Morgan fingerprint density at radius 1 is 1.33 bits per heavy atom. The molecule has 3 rings (SSSR count). The third-order valence-electron chi connectivity index (χ3n) is 5.18. The first-order chi connectivity index (χ1) is 11.5. The molecule has 0 spiro atoms. The fourth-order valence-electron chi connectivity index (χ4n) is 3.69. The molecule has 1 aromatic rings. The van der Waals surface area contributed by atoms with Crippen molar-refractivity contribution in [3.05, 3.63) is 41.5 Å². The number of benzene rings is 1. The van der Waals surface area contributed by atoms with Crippen molar-refractivity contribution in [1.29, 1.82) is 0 Å². The Kier molecular flexibility index (Phi) is 5.45. The van der Waals surface area contributed by atoms with Crippen molar-refractivity contribution in [1.82, 2.24) is 4.90 Å². The second kappa shape index (κ2) is 7.25. The molecule has 1 saturated heterocycles. The molecular weight excluding hydrogens is 345 g/mol. The van der Waals surface area contributed by atoms with Crippen molar-refractivity contribution >= 4 is 23.2 Å². The standard InChI is InChI=1S/C19H25Cl2NO2/c1-15(5-3-6-16-7-4-8-17(13-16)23-2)18(14-19(18,20)21)22-9-11-24-12-10-22/h4-5,7-8,13H,3,6,9-12,14H2,1-2H3/b15-5+. The molecule has 0 aromatic heterocycles. The number of rotatable bonds is 6. The number of allylic oxidation sites excluding steroid dienone is 1. The van der Waals surface area contributed by atoms with E-state index in [1.54, 1.807) is 7.11 Å². The lowest BCUT2D eigenvalue weighted by Crippen LogP contribution is -2.48. The van der Waals surface area contributed by atoms with Crippen LogP contribution in [-0.4, -0.2) is 48.2 Å². The van der Waals surface area contributed by atoms with Crippen LogP contribution in [0.25, 0.3) is 0 Å². The van der Waals surface area contributed by atoms with Gasteiger partial charge in [0.2, 0.25) is 0 Å².